The van der Waals surface area contributed by atoms with E-state index in [1.165, 1.54) is 6.07 Å². The van der Waals surface area contributed by atoms with Crippen LogP contribution in [0.15, 0.2) is 46.9 Å². The van der Waals surface area contributed by atoms with E-state index >= 15 is 0 Å². The minimum atomic E-state index is -0.120. The van der Waals surface area contributed by atoms with E-state index < -0.39 is 0 Å². The molecule has 0 aliphatic rings. The minimum Gasteiger partial charge on any atom is -0.504 e. The SMILES string of the molecule is Cl.Cl.N=C(N)c1ccc(-c2cc3cc(C(=N)N)cc(O)c3o2)cc1. The first-order chi connectivity index (χ1) is 10.5. The van der Waals surface area contributed by atoms with Gasteiger partial charge in [-0.3, -0.25) is 10.8 Å². The molecule has 3 aromatic rings. The maximum atomic E-state index is 9.99. The lowest BCUT2D eigenvalue weighted by atomic mass is 10.1. The Bertz CT molecular complexity index is 904. The second kappa shape index (κ2) is 7.25. The number of hydrogen-bond acceptors (Lipinski definition) is 4. The molecule has 0 saturated carbocycles. The maximum Gasteiger partial charge on any atom is 0.176 e. The molecule has 0 radical (unpaired) electrons. The molecule has 1 heterocycles. The highest BCUT2D eigenvalue weighted by molar-refractivity contribution is 6.01. The third kappa shape index (κ3) is 3.45. The van der Waals surface area contributed by atoms with Crippen molar-refractivity contribution in [3.8, 4) is 17.1 Å². The summed E-state index contributed by atoms with van der Waals surface area (Å²) in [6.07, 6.45) is 0. The number of nitrogens with one attached hydrogen (secondary N) is 2. The van der Waals surface area contributed by atoms with Crippen molar-refractivity contribution in [1.29, 1.82) is 10.8 Å². The number of amidine groups is 2. The molecule has 0 aliphatic carbocycles. The van der Waals surface area contributed by atoms with E-state index in [1.807, 2.05) is 0 Å². The number of hydrogen-bond donors (Lipinski definition) is 5. The van der Waals surface area contributed by atoms with Crippen molar-refractivity contribution in [2.45, 2.75) is 0 Å². The summed E-state index contributed by atoms with van der Waals surface area (Å²) in [5.74, 6) is 0.390. The van der Waals surface area contributed by atoms with Gasteiger partial charge in [0.15, 0.2) is 11.3 Å². The summed E-state index contributed by atoms with van der Waals surface area (Å²) in [6, 6.07) is 11.9. The summed E-state index contributed by atoms with van der Waals surface area (Å²) in [5.41, 5.74) is 13.1. The molecule has 0 fully saturated rings. The Labute approximate surface area is 150 Å². The van der Waals surface area contributed by atoms with Gasteiger partial charge in [-0.15, -0.1) is 24.8 Å². The zero-order chi connectivity index (χ0) is 15.9. The Morgan fingerprint density at radius 3 is 2.00 bits per heavy atom. The third-order valence-corrected chi connectivity index (χ3v) is 3.39. The molecular weight excluding hydrogens is 351 g/mol. The van der Waals surface area contributed by atoms with Crippen LogP contribution in [0.3, 0.4) is 0 Å². The lowest BCUT2D eigenvalue weighted by molar-refractivity contribution is 0.466. The number of phenols is 1. The lowest BCUT2D eigenvalue weighted by Crippen LogP contribution is -2.10. The van der Waals surface area contributed by atoms with E-state index in [0.717, 1.165) is 5.56 Å². The molecule has 8 heteroatoms. The van der Waals surface area contributed by atoms with Crippen LogP contribution in [0.1, 0.15) is 11.1 Å². The monoisotopic (exact) mass is 366 g/mol. The standard InChI is InChI=1S/C16H14N4O2.2ClH/c17-15(18)9-3-1-8(2-4-9)13-7-10-5-11(16(19)20)6-12(21)14(10)22-13;;/h1-7,21H,(H3,17,18)(H3,19,20);2*1H. The molecule has 0 atom stereocenters. The topological polar surface area (TPSA) is 133 Å². The fourth-order valence-electron chi connectivity index (χ4n) is 2.25. The highest BCUT2D eigenvalue weighted by Crippen LogP contribution is 2.34. The molecule has 1 aromatic heterocycles. The summed E-state index contributed by atoms with van der Waals surface area (Å²) >= 11 is 0. The van der Waals surface area contributed by atoms with Gasteiger partial charge in [0.05, 0.1) is 0 Å². The summed E-state index contributed by atoms with van der Waals surface area (Å²) in [6.45, 7) is 0. The molecule has 24 heavy (non-hydrogen) atoms. The zero-order valence-corrected chi connectivity index (χ0v) is 14.0. The van der Waals surface area contributed by atoms with Crippen LogP contribution in [0.2, 0.25) is 0 Å². The van der Waals surface area contributed by atoms with Gasteiger partial charge in [0.2, 0.25) is 0 Å². The number of aromatic hydroxyl groups is 1. The smallest absolute Gasteiger partial charge is 0.176 e. The quantitative estimate of drug-likeness (QED) is 0.359. The Balaban J connectivity index is 0.00000144. The number of furan rings is 1. The van der Waals surface area contributed by atoms with Crippen LogP contribution in [0.4, 0.5) is 0 Å². The molecule has 126 valence electrons. The average Bonchev–Trinajstić information content (AvgIpc) is 2.92. The first kappa shape index (κ1) is 19.3. The van der Waals surface area contributed by atoms with Gasteiger partial charge in [-0.05, 0) is 18.2 Å². The van der Waals surface area contributed by atoms with Crippen LogP contribution in [-0.2, 0) is 0 Å². The van der Waals surface area contributed by atoms with E-state index in [0.29, 0.717) is 27.9 Å². The van der Waals surface area contributed by atoms with Crippen LogP contribution < -0.4 is 11.5 Å². The van der Waals surface area contributed by atoms with Gasteiger partial charge in [-0.2, -0.15) is 0 Å². The highest BCUT2D eigenvalue weighted by atomic mass is 35.5. The summed E-state index contributed by atoms with van der Waals surface area (Å²) < 4.78 is 5.67. The molecule has 0 spiro atoms. The number of rotatable bonds is 3. The first-order valence-electron chi connectivity index (χ1n) is 6.51. The molecule has 7 N–H and O–H groups in total. The Hall–Kier alpha value is -2.70. The molecule has 0 unspecified atom stereocenters. The highest BCUT2D eigenvalue weighted by Gasteiger charge is 2.12. The van der Waals surface area contributed by atoms with E-state index in [1.54, 1.807) is 36.4 Å². The Kier molecular flexibility index (Phi) is 5.84. The Morgan fingerprint density at radius 1 is 0.875 bits per heavy atom. The fraction of sp³-hybridized carbons (Fsp3) is 0. The van der Waals surface area contributed by atoms with Gasteiger partial charge >= 0.3 is 0 Å². The predicted molar refractivity (Wildman–Crippen MR) is 99.8 cm³/mol. The van der Waals surface area contributed by atoms with Crippen LogP contribution in [0.25, 0.3) is 22.3 Å². The zero-order valence-electron chi connectivity index (χ0n) is 12.4. The van der Waals surface area contributed by atoms with Crippen molar-refractivity contribution >= 4 is 47.5 Å². The van der Waals surface area contributed by atoms with Gasteiger partial charge in [-0.1, -0.05) is 24.3 Å². The van der Waals surface area contributed by atoms with Crippen LogP contribution >= 0.6 is 24.8 Å². The van der Waals surface area contributed by atoms with Gasteiger partial charge in [0, 0.05) is 22.1 Å². The Morgan fingerprint density at radius 2 is 1.46 bits per heavy atom. The molecule has 0 amide bonds. The van der Waals surface area contributed by atoms with E-state index in [4.69, 9.17) is 26.7 Å². The average molecular weight is 367 g/mol. The largest absolute Gasteiger partial charge is 0.504 e. The van der Waals surface area contributed by atoms with Crippen molar-refractivity contribution < 1.29 is 9.52 Å². The van der Waals surface area contributed by atoms with Crippen LogP contribution in [0, 0.1) is 10.8 Å². The third-order valence-electron chi connectivity index (χ3n) is 3.39. The summed E-state index contributed by atoms with van der Waals surface area (Å²) in [4.78, 5) is 0. The molecular formula is C16H16Cl2N4O2. The van der Waals surface area contributed by atoms with Crippen molar-refractivity contribution in [1.82, 2.24) is 0 Å². The summed E-state index contributed by atoms with van der Waals surface area (Å²) in [7, 11) is 0. The van der Waals surface area contributed by atoms with E-state index in [9.17, 15) is 5.11 Å². The van der Waals surface area contributed by atoms with E-state index in [-0.39, 0.29) is 42.2 Å². The molecule has 0 bridgehead atoms. The number of phenolic OH excluding ortho intramolecular Hbond substituents is 1. The number of fused-ring (bicyclic) bond motifs is 1. The minimum absolute atomic E-state index is 0. The predicted octanol–water partition coefficient (Wildman–Crippen LogP) is 3.22. The lowest BCUT2D eigenvalue weighted by Gasteiger charge is -2.00. The molecule has 3 rings (SSSR count). The maximum absolute atomic E-state index is 9.99. The molecule has 0 aliphatic heterocycles. The number of halogens is 2. The van der Waals surface area contributed by atoms with Gasteiger partial charge < -0.3 is 21.0 Å². The number of benzene rings is 2. The molecule has 6 nitrogen and oxygen atoms in total. The van der Waals surface area contributed by atoms with Gasteiger partial charge in [-0.25, -0.2) is 0 Å². The van der Waals surface area contributed by atoms with Crippen LogP contribution in [-0.4, -0.2) is 16.8 Å². The van der Waals surface area contributed by atoms with Gasteiger partial charge in [0.1, 0.15) is 17.4 Å². The fourth-order valence-corrected chi connectivity index (χ4v) is 2.25. The molecule has 0 saturated heterocycles. The first-order valence-corrected chi connectivity index (χ1v) is 6.51. The normalized spacial score (nSPS) is 9.83. The van der Waals surface area contributed by atoms with Crippen molar-refractivity contribution in [2.75, 3.05) is 0 Å². The number of nitrogens with two attached hydrogens (primary N) is 2. The second-order valence-electron chi connectivity index (χ2n) is 4.93. The van der Waals surface area contributed by atoms with Crippen LogP contribution in [0.5, 0.6) is 5.75 Å². The van der Waals surface area contributed by atoms with Crippen molar-refractivity contribution in [3.63, 3.8) is 0 Å². The second-order valence-corrected chi connectivity index (χ2v) is 4.93. The van der Waals surface area contributed by atoms with Crippen molar-refractivity contribution in [2.24, 2.45) is 11.5 Å². The van der Waals surface area contributed by atoms with E-state index in [2.05, 4.69) is 0 Å². The van der Waals surface area contributed by atoms with Gasteiger partial charge in [0.25, 0.3) is 0 Å². The summed E-state index contributed by atoms with van der Waals surface area (Å²) in [5, 5.41) is 25.5. The van der Waals surface area contributed by atoms with Crippen molar-refractivity contribution in [3.05, 3.63) is 53.6 Å². The number of nitrogen functional groups attached to an aromatic ring is 2. The molecule has 2 aromatic carbocycles.